The predicted molar refractivity (Wildman–Crippen MR) is 74.6 cm³/mol. The van der Waals surface area contributed by atoms with Crippen LogP contribution in [0, 0.1) is 17.2 Å². The fourth-order valence-electron chi connectivity index (χ4n) is 1.40. The van der Waals surface area contributed by atoms with Crippen LogP contribution < -0.4 is 10.5 Å². The van der Waals surface area contributed by atoms with E-state index in [1.807, 2.05) is 19.9 Å². The van der Waals surface area contributed by atoms with Gasteiger partial charge in [0.2, 0.25) is 10.0 Å². The molecule has 3 N–H and O–H groups in total. The Hall–Kier alpha value is -1.42. The van der Waals surface area contributed by atoms with Crippen LogP contribution in [0.1, 0.15) is 25.0 Å². The summed E-state index contributed by atoms with van der Waals surface area (Å²) in [7, 11) is -3.40. The van der Waals surface area contributed by atoms with E-state index < -0.39 is 10.0 Å². The Bertz CT molecular complexity index is 544. The van der Waals surface area contributed by atoms with E-state index in [9.17, 15) is 8.42 Å². The molecule has 6 heteroatoms. The highest BCUT2D eigenvalue weighted by atomic mass is 32.2. The van der Waals surface area contributed by atoms with Crippen molar-refractivity contribution in [2.45, 2.75) is 25.6 Å². The molecule has 1 unspecified atom stereocenters. The van der Waals surface area contributed by atoms with Crippen molar-refractivity contribution in [3.8, 4) is 6.07 Å². The van der Waals surface area contributed by atoms with Crippen LogP contribution in [0.15, 0.2) is 24.3 Å². The summed E-state index contributed by atoms with van der Waals surface area (Å²) in [4.78, 5) is 0. The molecular weight excluding hydrogens is 262 g/mol. The summed E-state index contributed by atoms with van der Waals surface area (Å²) >= 11 is 0. The van der Waals surface area contributed by atoms with Crippen LogP contribution in [0.25, 0.3) is 0 Å². The van der Waals surface area contributed by atoms with Gasteiger partial charge in [-0.2, -0.15) is 5.26 Å². The molecule has 0 saturated carbocycles. The van der Waals surface area contributed by atoms with Gasteiger partial charge in [-0.3, -0.25) is 0 Å². The Labute approximate surface area is 114 Å². The predicted octanol–water partition coefficient (Wildman–Crippen LogP) is 0.961. The molecule has 19 heavy (non-hydrogen) atoms. The van der Waals surface area contributed by atoms with E-state index in [-0.39, 0.29) is 24.3 Å². The Morgan fingerprint density at radius 3 is 2.37 bits per heavy atom. The van der Waals surface area contributed by atoms with Crippen molar-refractivity contribution in [1.29, 1.82) is 5.26 Å². The number of nitrogens with two attached hydrogens (primary N) is 1. The minimum absolute atomic E-state index is 0.108. The lowest BCUT2D eigenvalue weighted by atomic mass is 10.1. The Morgan fingerprint density at radius 1 is 1.32 bits per heavy atom. The first kappa shape index (κ1) is 15.6. The largest absolute Gasteiger partial charge is 0.326 e. The second-order valence-electron chi connectivity index (χ2n) is 4.82. The lowest BCUT2D eigenvalue weighted by Gasteiger charge is -2.16. The second kappa shape index (κ2) is 6.66. The molecule has 0 aliphatic carbocycles. The standard InChI is InChI=1S/C13H19N3O2S/c1-10(2)13(15)8-16-19(17,18)9-12-5-3-11(7-14)4-6-12/h3-6,10,13,16H,8-9,15H2,1-2H3. The van der Waals surface area contributed by atoms with Gasteiger partial charge >= 0.3 is 0 Å². The van der Waals surface area contributed by atoms with Gasteiger partial charge in [-0.1, -0.05) is 26.0 Å². The summed E-state index contributed by atoms with van der Waals surface area (Å²) in [5.41, 5.74) is 6.95. The molecule has 5 nitrogen and oxygen atoms in total. The van der Waals surface area contributed by atoms with Crippen molar-refractivity contribution in [3.63, 3.8) is 0 Å². The van der Waals surface area contributed by atoms with E-state index in [1.165, 1.54) is 0 Å². The molecule has 0 fully saturated rings. The van der Waals surface area contributed by atoms with Gasteiger partial charge in [0.1, 0.15) is 0 Å². The van der Waals surface area contributed by atoms with Crippen molar-refractivity contribution >= 4 is 10.0 Å². The van der Waals surface area contributed by atoms with E-state index in [0.717, 1.165) is 0 Å². The van der Waals surface area contributed by atoms with E-state index in [0.29, 0.717) is 11.1 Å². The maximum atomic E-state index is 11.8. The Morgan fingerprint density at radius 2 is 1.89 bits per heavy atom. The van der Waals surface area contributed by atoms with Gasteiger partial charge < -0.3 is 5.73 Å². The van der Waals surface area contributed by atoms with Crippen LogP contribution in [0.4, 0.5) is 0 Å². The van der Waals surface area contributed by atoms with Crippen LogP contribution in [0.2, 0.25) is 0 Å². The van der Waals surface area contributed by atoms with Crippen molar-refractivity contribution in [2.75, 3.05) is 6.54 Å². The molecule has 1 aromatic rings. The van der Waals surface area contributed by atoms with Crippen LogP contribution in [0.3, 0.4) is 0 Å². The number of sulfonamides is 1. The summed E-state index contributed by atoms with van der Waals surface area (Å²) in [5.74, 6) is 0.112. The molecule has 0 bridgehead atoms. The number of nitrogens with zero attached hydrogens (tertiary/aromatic N) is 1. The quantitative estimate of drug-likeness (QED) is 0.811. The number of nitrogens with one attached hydrogen (secondary N) is 1. The normalized spacial score (nSPS) is 13.2. The first-order chi connectivity index (χ1) is 8.84. The zero-order valence-electron chi connectivity index (χ0n) is 11.1. The van der Waals surface area contributed by atoms with Gasteiger partial charge in [-0.25, -0.2) is 13.1 Å². The zero-order chi connectivity index (χ0) is 14.5. The van der Waals surface area contributed by atoms with Crippen molar-refractivity contribution in [2.24, 2.45) is 11.7 Å². The molecular formula is C13H19N3O2S. The summed E-state index contributed by atoms with van der Waals surface area (Å²) < 4.78 is 26.2. The van der Waals surface area contributed by atoms with Crippen LogP contribution in [-0.2, 0) is 15.8 Å². The molecule has 104 valence electrons. The zero-order valence-corrected chi connectivity index (χ0v) is 11.9. The highest BCUT2D eigenvalue weighted by Crippen LogP contribution is 2.07. The van der Waals surface area contributed by atoms with Gasteiger partial charge in [0.25, 0.3) is 0 Å². The molecule has 0 saturated heterocycles. The van der Waals surface area contributed by atoms with E-state index in [1.54, 1.807) is 24.3 Å². The lowest BCUT2D eigenvalue weighted by Crippen LogP contribution is -2.40. The minimum Gasteiger partial charge on any atom is -0.326 e. The molecule has 1 aromatic carbocycles. The topological polar surface area (TPSA) is 96.0 Å². The van der Waals surface area contributed by atoms with Crippen molar-refractivity contribution in [3.05, 3.63) is 35.4 Å². The average Bonchev–Trinajstić information content (AvgIpc) is 2.36. The summed E-state index contributed by atoms with van der Waals surface area (Å²) in [6, 6.07) is 8.27. The highest BCUT2D eigenvalue weighted by molar-refractivity contribution is 7.88. The molecule has 0 aliphatic rings. The Kier molecular flexibility index (Phi) is 5.48. The van der Waals surface area contributed by atoms with Crippen molar-refractivity contribution < 1.29 is 8.42 Å². The SMILES string of the molecule is CC(C)C(N)CNS(=O)(=O)Cc1ccc(C#N)cc1. The van der Waals surface area contributed by atoms with Crippen molar-refractivity contribution in [1.82, 2.24) is 4.72 Å². The fraction of sp³-hybridized carbons (Fsp3) is 0.462. The maximum absolute atomic E-state index is 11.8. The third-order valence-electron chi connectivity index (χ3n) is 2.83. The number of rotatable bonds is 6. The summed E-state index contributed by atoms with van der Waals surface area (Å²) in [5, 5.41) is 8.66. The summed E-state index contributed by atoms with van der Waals surface area (Å²) in [6.07, 6.45) is 0. The number of hydrogen-bond donors (Lipinski definition) is 2. The van der Waals surface area contributed by atoms with Gasteiger partial charge in [-0.05, 0) is 23.6 Å². The maximum Gasteiger partial charge on any atom is 0.215 e. The number of benzene rings is 1. The van der Waals surface area contributed by atoms with Crippen LogP contribution in [0.5, 0.6) is 0 Å². The molecule has 0 heterocycles. The smallest absolute Gasteiger partial charge is 0.215 e. The molecule has 0 aliphatic heterocycles. The van der Waals surface area contributed by atoms with Gasteiger partial charge in [0, 0.05) is 12.6 Å². The van der Waals surface area contributed by atoms with Gasteiger partial charge in [0.05, 0.1) is 17.4 Å². The molecule has 0 aromatic heterocycles. The van der Waals surface area contributed by atoms with Crippen LogP contribution in [-0.4, -0.2) is 21.0 Å². The minimum atomic E-state index is -3.40. The molecule has 1 atom stereocenters. The third kappa shape index (κ3) is 5.39. The third-order valence-corrected chi connectivity index (χ3v) is 4.15. The van der Waals surface area contributed by atoms with E-state index >= 15 is 0 Å². The van der Waals surface area contributed by atoms with E-state index in [2.05, 4.69) is 4.72 Å². The van der Waals surface area contributed by atoms with Gasteiger partial charge in [0.15, 0.2) is 0 Å². The molecule has 0 radical (unpaired) electrons. The molecule has 0 amide bonds. The second-order valence-corrected chi connectivity index (χ2v) is 6.63. The molecule has 0 spiro atoms. The monoisotopic (exact) mass is 281 g/mol. The first-order valence-corrected chi connectivity index (χ1v) is 7.71. The molecule has 1 rings (SSSR count). The van der Waals surface area contributed by atoms with Crippen LogP contribution >= 0.6 is 0 Å². The Balaban J connectivity index is 2.61. The number of hydrogen-bond acceptors (Lipinski definition) is 4. The fourth-order valence-corrected chi connectivity index (χ4v) is 2.58. The lowest BCUT2D eigenvalue weighted by molar-refractivity contribution is 0.481. The highest BCUT2D eigenvalue weighted by Gasteiger charge is 2.14. The first-order valence-electron chi connectivity index (χ1n) is 6.06. The number of nitriles is 1. The van der Waals surface area contributed by atoms with Gasteiger partial charge in [-0.15, -0.1) is 0 Å². The summed E-state index contributed by atoms with van der Waals surface area (Å²) in [6.45, 7) is 4.12. The average molecular weight is 281 g/mol. The van der Waals surface area contributed by atoms with E-state index in [4.69, 9.17) is 11.0 Å².